The van der Waals surface area contributed by atoms with E-state index in [9.17, 15) is 9.59 Å². The van der Waals surface area contributed by atoms with Crippen molar-refractivity contribution in [2.75, 3.05) is 5.32 Å². The quantitative estimate of drug-likeness (QED) is 0.600. The van der Waals surface area contributed by atoms with Crippen molar-refractivity contribution in [2.45, 2.75) is 32.9 Å². The largest absolute Gasteiger partial charge is 0.456 e. The lowest BCUT2D eigenvalue weighted by atomic mass is 10.2. The first-order chi connectivity index (χ1) is 14.0. The van der Waals surface area contributed by atoms with Gasteiger partial charge in [0.2, 0.25) is 0 Å². The number of hydrogen-bond acceptors (Lipinski definition) is 5. The van der Waals surface area contributed by atoms with Crippen molar-refractivity contribution in [3.63, 3.8) is 0 Å². The number of para-hydroxylation sites is 2. The molecular weight excluding hydrogens is 370 g/mol. The van der Waals surface area contributed by atoms with Crippen molar-refractivity contribution in [1.82, 2.24) is 9.78 Å². The average Bonchev–Trinajstić information content (AvgIpc) is 3.17. The Morgan fingerprint density at radius 3 is 2.38 bits per heavy atom. The fraction of sp³-hybridized carbons (Fsp3) is 0.227. The monoisotopic (exact) mass is 393 g/mol. The summed E-state index contributed by atoms with van der Waals surface area (Å²) in [7, 11) is 0. The maximum absolute atomic E-state index is 12.6. The smallest absolute Gasteiger partial charge is 0.342 e. The van der Waals surface area contributed by atoms with Crippen LogP contribution in [-0.2, 0) is 9.53 Å². The van der Waals surface area contributed by atoms with Gasteiger partial charge in [-0.3, -0.25) is 4.79 Å². The molecule has 29 heavy (non-hydrogen) atoms. The molecule has 7 nitrogen and oxygen atoms in total. The number of hydrogen-bond donors (Lipinski definition) is 1. The molecule has 0 saturated heterocycles. The predicted molar refractivity (Wildman–Crippen MR) is 109 cm³/mol. The van der Waals surface area contributed by atoms with Crippen LogP contribution in [0, 0.1) is 0 Å². The van der Waals surface area contributed by atoms with Gasteiger partial charge < -0.3 is 14.8 Å². The van der Waals surface area contributed by atoms with Crippen LogP contribution in [0.5, 0.6) is 11.5 Å². The fourth-order valence-electron chi connectivity index (χ4n) is 2.67. The Morgan fingerprint density at radius 1 is 0.966 bits per heavy atom. The summed E-state index contributed by atoms with van der Waals surface area (Å²) >= 11 is 0. The minimum Gasteiger partial charge on any atom is -0.456 e. The van der Waals surface area contributed by atoms with Gasteiger partial charge >= 0.3 is 5.97 Å². The Balaban J connectivity index is 1.68. The van der Waals surface area contributed by atoms with E-state index in [1.807, 2.05) is 32.0 Å². The maximum atomic E-state index is 12.6. The van der Waals surface area contributed by atoms with Gasteiger partial charge in [-0.2, -0.15) is 5.10 Å². The summed E-state index contributed by atoms with van der Waals surface area (Å²) in [6, 6.07) is 17.6. The molecule has 0 aliphatic carbocycles. The molecule has 1 heterocycles. The van der Waals surface area contributed by atoms with E-state index in [1.54, 1.807) is 53.3 Å². The Morgan fingerprint density at radius 2 is 1.66 bits per heavy atom. The van der Waals surface area contributed by atoms with Gasteiger partial charge in [-0.25, -0.2) is 9.48 Å². The second-order valence-electron chi connectivity index (χ2n) is 6.70. The Kier molecular flexibility index (Phi) is 6.29. The van der Waals surface area contributed by atoms with Gasteiger partial charge in [0.1, 0.15) is 22.9 Å². The summed E-state index contributed by atoms with van der Waals surface area (Å²) < 4.78 is 12.8. The molecular formula is C22H23N3O4. The molecule has 0 aliphatic rings. The SMILES string of the molecule is CC(C)n1nccc1NC(=O)[C@@H](C)OC(=O)c1ccccc1Oc1ccccc1. The van der Waals surface area contributed by atoms with Crippen LogP contribution >= 0.6 is 0 Å². The normalized spacial score (nSPS) is 11.7. The summed E-state index contributed by atoms with van der Waals surface area (Å²) in [5, 5.41) is 6.90. The molecule has 0 aliphatic heterocycles. The van der Waals surface area contributed by atoms with Gasteiger partial charge in [0.15, 0.2) is 6.10 Å². The highest BCUT2D eigenvalue weighted by Crippen LogP contribution is 2.26. The van der Waals surface area contributed by atoms with Crippen LogP contribution < -0.4 is 10.1 Å². The summed E-state index contributed by atoms with van der Waals surface area (Å²) in [5.74, 6) is 0.411. The molecule has 1 N–H and O–H groups in total. The van der Waals surface area contributed by atoms with Gasteiger partial charge in [-0.05, 0) is 45.0 Å². The van der Waals surface area contributed by atoms with Crippen molar-refractivity contribution < 1.29 is 19.1 Å². The van der Waals surface area contributed by atoms with E-state index in [0.717, 1.165) is 0 Å². The van der Waals surface area contributed by atoms with Gasteiger partial charge in [0, 0.05) is 12.1 Å². The third-order valence-electron chi connectivity index (χ3n) is 4.14. The summed E-state index contributed by atoms with van der Waals surface area (Å²) in [6.07, 6.45) is 0.603. The van der Waals surface area contributed by atoms with Gasteiger partial charge in [0.25, 0.3) is 5.91 Å². The number of carbonyl (C=O) groups excluding carboxylic acids is 2. The maximum Gasteiger partial charge on any atom is 0.342 e. The number of rotatable bonds is 7. The second kappa shape index (κ2) is 9.05. The zero-order valence-electron chi connectivity index (χ0n) is 16.5. The summed E-state index contributed by atoms with van der Waals surface area (Å²) in [5.41, 5.74) is 0.239. The van der Waals surface area contributed by atoms with E-state index >= 15 is 0 Å². The Labute approximate surface area is 169 Å². The van der Waals surface area contributed by atoms with E-state index in [2.05, 4.69) is 10.4 Å². The second-order valence-corrected chi connectivity index (χ2v) is 6.70. The number of aromatic nitrogens is 2. The van der Waals surface area contributed by atoms with Crippen LogP contribution in [0.25, 0.3) is 0 Å². The number of anilines is 1. The minimum absolute atomic E-state index is 0.0835. The molecule has 0 saturated carbocycles. The van der Waals surface area contributed by atoms with E-state index < -0.39 is 18.0 Å². The molecule has 150 valence electrons. The van der Waals surface area contributed by atoms with Crippen LogP contribution in [0.2, 0.25) is 0 Å². The highest BCUT2D eigenvalue weighted by atomic mass is 16.5. The third kappa shape index (κ3) is 5.01. The number of nitrogens with one attached hydrogen (secondary N) is 1. The summed E-state index contributed by atoms with van der Waals surface area (Å²) in [4.78, 5) is 25.1. The Hall–Kier alpha value is -3.61. The zero-order chi connectivity index (χ0) is 20.8. The number of nitrogens with zero attached hydrogens (tertiary/aromatic N) is 2. The van der Waals surface area contributed by atoms with Crippen LogP contribution in [0.15, 0.2) is 66.9 Å². The number of ether oxygens (including phenoxy) is 2. The molecule has 3 rings (SSSR count). The molecule has 2 aromatic carbocycles. The molecule has 0 radical (unpaired) electrons. The van der Waals surface area contributed by atoms with Crippen molar-refractivity contribution >= 4 is 17.7 Å². The topological polar surface area (TPSA) is 82.5 Å². The van der Waals surface area contributed by atoms with E-state index in [4.69, 9.17) is 9.47 Å². The zero-order valence-corrected chi connectivity index (χ0v) is 16.5. The first kappa shape index (κ1) is 20.1. The van der Waals surface area contributed by atoms with Gasteiger partial charge in [-0.15, -0.1) is 0 Å². The van der Waals surface area contributed by atoms with Crippen LogP contribution in [0.3, 0.4) is 0 Å². The molecule has 0 unspecified atom stereocenters. The van der Waals surface area contributed by atoms with Gasteiger partial charge in [-0.1, -0.05) is 30.3 Å². The average molecular weight is 393 g/mol. The Bertz CT molecular complexity index is 982. The van der Waals surface area contributed by atoms with Crippen LogP contribution in [0.4, 0.5) is 5.82 Å². The summed E-state index contributed by atoms with van der Waals surface area (Å²) in [6.45, 7) is 5.43. The molecule has 0 fully saturated rings. The molecule has 1 amide bonds. The fourth-order valence-corrected chi connectivity index (χ4v) is 2.67. The molecule has 0 spiro atoms. The lowest BCUT2D eigenvalue weighted by molar-refractivity contribution is -0.123. The highest BCUT2D eigenvalue weighted by Gasteiger charge is 2.22. The van der Waals surface area contributed by atoms with E-state index in [1.165, 1.54) is 6.92 Å². The van der Waals surface area contributed by atoms with Crippen molar-refractivity contribution in [3.05, 3.63) is 72.4 Å². The third-order valence-corrected chi connectivity index (χ3v) is 4.14. The predicted octanol–water partition coefficient (Wildman–Crippen LogP) is 4.44. The van der Waals surface area contributed by atoms with Crippen LogP contribution in [-0.4, -0.2) is 27.8 Å². The lowest BCUT2D eigenvalue weighted by Crippen LogP contribution is -2.31. The first-order valence-electron chi connectivity index (χ1n) is 9.33. The van der Waals surface area contributed by atoms with Crippen LogP contribution in [0.1, 0.15) is 37.2 Å². The highest BCUT2D eigenvalue weighted by molar-refractivity contribution is 5.98. The van der Waals surface area contributed by atoms with E-state index in [-0.39, 0.29) is 11.6 Å². The van der Waals surface area contributed by atoms with Crippen molar-refractivity contribution in [2.24, 2.45) is 0 Å². The molecule has 1 aromatic heterocycles. The lowest BCUT2D eigenvalue weighted by Gasteiger charge is -2.16. The number of carbonyl (C=O) groups is 2. The molecule has 1 atom stereocenters. The minimum atomic E-state index is -0.997. The molecule has 3 aromatic rings. The van der Waals surface area contributed by atoms with Crippen molar-refractivity contribution in [1.29, 1.82) is 0 Å². The number of esters is 1. The standard InChI is InChI=1S/C22H23N3O4/c1-15(2)25-20(13-14-23-25)24-21(26)16(3)28-22(27)18-11-7-8-12-19(18)29-17-9-5-4-6-10-17/h4-16H,1-3H3,(H,24,26)/t16-/m1/s1. The van der Waals surface area contributed by atoms with Crippen molar-refractivity contribution in [3.8, 4) is 11.5 Å². The number of benzene rings is 2. The van der Waals surface area contributed by atoms with E-state index in [0.29, 0.717) is 17.3 Å². The molecule has 7 heteroatoms. The molecule has 0 bridgehead atoms. The first-order valence-corrected chi connectivity index (χ1v) is 9.33. The van der Waals surface area contributed by atoms with Gasteiger partial charge in [0.05, 0.1) is 6.20 Å². The number of amides is 1.